The molecule has 4 nitrogen and oxygen atoms in total. The molecule has 1 saturated heterocycles. The Hall–Kier alpha value is -3.02. The molecule has 0 radical (unpaired) electrons. The highest BCUT2D eigenvalue weighted by Gasteiger charge is 2.32. The number of thiophene rings is 1. The summed E-state index contributed by atoms with van der Waals surface area (Å²) in [6.07, 6.45) is 4.96. The fraction of sp³-hybridized carbons (Fsp3) is 0.310. The van der Waals surface area contributed by atoms with Gasteiger partial charge in [0.05, 0.1) is 10.4 Å². The number of piperidine rings is 1. The first-order chi connectivity index (χ1) is 16.7. The number of pyridine rings is 1. The molecule has 5 heteroatoms. The van der Waals surface area contributed by atoms with Crippen molar-refractivity contribution < 1.29 is 4.79 Å². The number of rotatable bonds is 7. The lowest BCUT2D eigenvalue weighted by molar-refractivity contribution is 0.0589. The Balaban J connectivity index is 1.27. The molecule has 0 aliphatic carbocycles. The topological polar surface area (TPSA) is 36.4 Å². The van der Waals surface area contributed by atoms with Gasteiger partial charge in [-0.25, -0.2) is 0 Å². The van der Waals surface area contributed by atoms with E-state index in [0.29, 0.717) is 5.92 Å². The SMILES string of the molecule is CN(C(=O)c1cccs1)C(Cc1ccccc1)C1CCN(Cc2ccc3cccnc3c2)CC1. The molecule has 1 aliphatic rings. The maximum Gasteiger partial charge on any atom is 0.263 e. The van der Waals surface area contributed by atoms with E-state index in [4.69, 9.17) is 0 Å². The summed E-state index contributed by atoms with van der Waals surface area (Å²) >= 11 is 1.53. The van der Waals surface area contributed by atoms with Crippen molar-refractivity contribution in [3.8, 4) is 0 Å². The summed E-state index contributed by atoms with van der Waals surface area (Å²) in [4.78, 5) is 23.1. The molecule has 2 aromatic carbocycles. The molecule has 1 fully saturated rings. The van der Waals surface area contributed by atoms with Crippen molar-refractivity contribution >= 4 is 28.1 Å². The number of aromatic nitrogens is 1. The third-order valence-corrected chi connectivity index (χ3v) is 7.95. The number of carbonyl (C=O) groups is 1. The minimum absolute atomic E-state index is 0.141. The third-order valence-electron chi connectivity index (χ3n) is 7.09. The third kappa shape index (κ3) is 5.21. The molecule has 1 unspecified atom stereocenters. The Morgan fingerprint density at radius 2 is 1.85 bits per heavy atom. The van der Waals surface area contributed by atoms with E-state index in [0.717, 1.165) is 49.3 Å². The Kier molecular flexibility index (Phi) is 7.02. The molecule has 4 aromatic rings. The van der Waals surface area contributed by atoms with E-state index in [9.17, 15) is 4.79 Å². The first kappa shape index (κ1) is 22.8. The maximum atomic E-state index is 13.2. The number of fused-ring (bicyclic) bond motifs is 1. The Bertz CT molecular complexity index is 1220. The van der Waals surface area contributed by atoms with Crippen LogP contribution in [-0.4, -0.2) is 46.9 Å². The van der Waals surface area contributed by atoms with Crippen molar-refractivity contribution in [1.29, 1.82) is 0 Å². The van der Waals surface area contributed by atoms with Crippen LogP contribution in [0.15, 0.2) is 84.4 Å². The second-order valence-electron chi connectivity index (χ2n) is 9.29. The van der Waals surface area contributed by atoms with Crippen LogP contribution in [0.2, 0.25) is 0 Å². The van der Waals surface area contributed by atoms with E-state index in [2.05, 4.69) is 64.5 Å². The quantitative estimate of drug-likeness (QED) is 0.339. The monoisotopic (exact) mass is 469 g/mol. The van der Waals surface area contributed by atoms with Crippen LogP contribution in [0.25, 0.3) is 10.9 Å². The number of nitrogens with zero attached hydrogens (tertiary/aromatic N) is 3. The van der Waals surface area contributed by atoms with Gasteiger partial charge in [-0.1, -0.05) is 54.6 Å². The Labute approximate surface area is 205 Å². The van der Waals surface area contributed by atoms with E-state index in [1.54, 1.807) is 0 Å². The van der Waals surface area contributed by atoms with E-state index >= 15 is 0 Å². The predicted molar refractivity (Wildman–Crippen MR) is 140 cm³/mol. The van der Waals surface area contributed by atoms with Gasteiger partial charge in [0.25, 0.3) is 5.91 Å². The second kappa shape index (κ2) is 10.5. The van der Waals surface area contributed by atoms with Gasteiger partial charge in [0, 0.05) is 31.2 Å². The van der Waals surface area contributed by atoms with Gasteiger partial charge >= 0.3 is 0 Å². The number of benzene rings is 2. The molecular weight excluding hydrogens is 438 g/mol. The molecule has 0 saturated carbocycles. The lowest BCUT2D eigenvalue weighted by Crippen LogP contribution is -2.47. The Morgan fingerprint density at radius 3 is 2.62 bits per heavy atom. The van der Waals surface area contributed by atoms with Gasteiger partial charge in [-0.3, -0.25) is 14.7 Å². The van der Waals surface area contributed by atoms with Gasteiger partial charge < -0.3 is 4.90 Å². The van der Waals surface area contributed by atoms with Crippen LogP contribution in [0.3, 0.4) is 0 Å². The van der Waals surface area contributed by atoms with Gasteiger partial charge in [-0.05, 0) is 73.0 Å². The highest BCUT2D eigenvalue weighted by atomic mass is 32.1. The van der Waals surface area contributed by atoms with Crippen molar-refractivity contribution in [2.24, 2.45) is 5.92 Å². The first-order valence-corrected chi connectivity index (χ1v) is 13.0. The van der Waals surface area contributed by atoms with Crippen LogP contribution >= 0.6 is 11.3 Å². The summed E-state index contributed by atoms with van der Waals surface area (Å²) < 4.78 is 0. The molecule has 0 bridgehead atoms. The highest BCUT2D eigenvalue weighted by Crippen LogP contribution is 2.29. The molecule has 1 amide bonds. The van der Waals surface area contributed by atoms with Crippen LogP contribution < -0.4 is 0 Å². The first-order valence-electron chi connectivity index (χ1n) is 12.1. The van der Waals surface area contributed by atoms with E-state index < -0.39 is 0 Å². The molecule has 174 valence electrons. The lowest BCUT2D eigenvalue weighted by Gasteiger charge is -2.40. The Morgan fingerprint density at radius 1 is 1.03 bits per heavy atom. The van der Waals surface area contributed by atoms with Gasteiger partial charge in [0.1, 0.15) is 0 Å². The molecule has 0 spiro atoms. The van der Waals surface area contributed by atoms with Gasteiger partial charge in [0.15, 0.2) is 0 Å². The van der Waals surface area contributed by atoms with E-state index in [1.807, 2.05) is 41.7 Å². The number of carbonyl (C=O) groups excluding carboxylic acids is 1. The summed E-state index contributed by atoms with van der Waals surface area (Å²) in [6.45, 7) is 3.06. The molecule has 3 heterocycles. The largest absolute Gasteiger partial charge is 0.337 e. The molecule has 34 heavy (non-hydrogen) atoms. The van der Waals surface area contributed by atoms with Crippen molar-refractivity contribution in [3.05, 3.63) is 100 Å². The number of hydrogen-bond acceptors (Lipinski definition) is 4. The summed E-state index contributed by atoms with van der Waals surface area (Å²) in [6, 6.07) is 25.4. The van der Waals surface area contributed by atoms with E-state index in [-0.39, 0.29) is 11.9 Å². The number of likely N-dealkylation sites (N-methyl/N-ethyl adjacent to an activating group) is 1. The minimum atomic E-state index is 0.141. The van der Waals surface area contributed by atoms with Crippen molar-refractivity contribution in [3.63, 3.8) is 0 Å². The summed E-state index contributed by atoms with van der Waals surface area (Å²) in [5.41, 5.74) is 3.67. The van der Waals surface area contributed by atoms with Gasteiger partial charge in [-0.2, -0.15) is 0 Å². The molecular formula is C29H31N3OS. The van der Waals surface area contributed by atoms with Crippen LogP contribution in [0, 0.1) is 5.92 Å². The molecule has 1 atom stereocenters. The van der Waals surface area contributed by atoms with Gasteiger partial charge in [-0.15, -0.1) is 11.3 Å². The highest BCUT2D eigenvalue weighted by molar-refractivity contribution is 7.12. The lowest BCUT2D eigenvalue weighted by atomic mass is 9.84. The van der Waals surface area contributed by atoms with Crippen molar-refractivity contribution in [1.82, 2.24) is 14.8 Å². The molecule has 5 rings (SSSR count). The minimum Gasteiger partial charge on any atom is -0.337 e. The number of hydrogen-bond donors (Lipinski definition) is 0. The van der Waals surface area contributed by atoms with Crippen LogP contribution in [0.5, 0.6) is 0 Å². The standard InChI is InChI=1S/C29H31N3OS/c1-31(29(33)28-10-6-18-34-28)27(20-22-7-3-2-4-8-22)25-13-16-32(17-14-25)21-23-11-12-24-9-5-15-30-26(24)19-23/h2-12,15,18-19,25,27H,13-14,16-17,20-21H2,1H3. The molecule has 1 aliphatic heterocycles. The summed E-state index contributed by atoms with van der Waals surface area (Å²) in [5.74, 6) is 0.630. The fourth-order valence-electron chi connectivity index (χ4n) is 5.16. The zero-order valence-electron chi connectivity index (χ0n) is 19.6. The molecule has 0 N–H and O–H groups in total. The number of likely N-dealkylation sites (tertiary alicyclic amines) is 1. The summed E-state index contributed by atoms with van der Waals surface area (Å²) in [5, 5.41) is 3.17. The zero-order valence-corrected chi connectivity index (χ0v) is 20.5. The van der Waals surface area contributed by atoms with Gasteiger partial charge in [0.2, 0.25) is 0 Å². The maximum absolute atomic E-state index is 13.2. The smallest absolute Gasteiger partial charge is 0.263 e. The van der Waals surface area contributed by atoms with Crippen LogP contribution in [0.4, 0.5) is 0 Å². The zero-order chi connectivity index (χ0) is 23.3. The average molecular weight is 470 g/mol. The molecule has 2 aromatic heterocycles. The normalized spacial score (nSPS) is 15.9. The van der Waals surface area contributed by atoms with Crippen molar-refractivity contribution in [2.75, 3.05) is 20.1 Å². The van der Waals surface area contributed by atoms with Crippen LogP contribution in [0.1, 0.15) is 33.6 Å². The second-order valence-corrected chi connectivity index (χ2v) is 10.2. The van der Waals surface area contributed by atoms with E-state index in [1.165, 1.54) is 27.8 Å². The van der Waals surface area contributed by atoms with Crippen molar-refractivity contribution in [2.45, 2.75) is 31.8 Å². The van der Waals surface area contributed by atoms with Crippen LogP contribution in [-0.2, 0) is 13.0 Å². The summed E-state index contributed by atoms with van der Waals surface area (Å²) in [7, 11) is 1.99. The fourth-order valence-corrected chi connectivity index (χ4v) is 5.87. The average Bonchev–Trinajstić information content (AvgIpc) is 3.43. The number of amides is 1. The predicted octanol–water partition coefficient (Wildman–Crippen LogP) is 5.89.